The monoisotopic (exact) mass is 467 g/mol. The Balaban J connectivity index is 1.55. The fourth-order valence-electron chi connectivity index (χ4n) is 2.64. The minimum Gasteiger partial charge on any atom is -0.471 e. The summed E-state index contributed by atoms with van der Waals surface area (Å²) >= 11 is 3.08. The quantitative estimate of drug-likeness (QED) is 0.535. The molecule has 3 rings (SSSR count). The zero-order valence-corrected chi connectivity index (χ0v) is 17.5. The third kappa shape index (κ3) is 5.20. The lowest BCUT2D eigenvalue weighted by Crippen LogP contribution is -2.20. The predicted octanol–water partition coefficient (Wildman–Crippen LogP) is 4.33. The van der Waals surface area contributed by atoms with E-state index in [1.54, 1.807) is 13.1 Å². The molecule has 154 valence electrons. The van der Waals surface area contributed by atoms with Crippen LogP contribution in [0.3, 0.4) is 0 Å². The number of benzene rings is 1. The first-order valence-electron chi connectivity index (χ1n) is 8.92. The van der Waals surface area contributed by atoms with Crippen molar-refractivity contribution in [2.24, 2.45) is 0 Å². The number of halogens is 3. The average molecular weight is 468 g/mol. The Hall–Kier alpha value is -2.75. The molecule has 1 N–H and O–H groups in total. The van der Waals surface area contributed by atoms with Crippen molar-refractivity contribution in [3.8, 4) is 5.75 Å². The van der Waals surface area contributed by atoms with E-state index in [1.165, 1.54) is 21.1 Å². The summed E-state index contributed by atoms with van der Waals surface area (Å²) in [6.45, 7) is 3.69. The molecule has 0 fully saturated rings. The Bertz CT molecular complexity index is 985. The summed E-state index contributed by atoms with van der Waals surface area (Å²) in [6, 6.07) is 7.78. The summed E-state index contributed by atoms with van der Waals surface area (Å²) in [4.78, 5) is 12.2. The Morgan fingerprint density at radius 2 is 2.03 bits per heavy atom. The number of rotatable bonds is 8. The Morgan fingerprint density at radius 3 is 2.66 bits per heavy atom. The number of carbonyl (C=O) groups is 1. The van der Waals surface area contributed by atoms with Gasteiger partial charge in [0.25, 0.3) is 6.43 Å². The lowest BCUT2D eigenvalue weighted by atomic mass is 10.2. The van der Waals surface area contributed by atoms with Gasteiger partial charge >= 0.3 is 0 Å². The van der Waals surface area contributed by atoms with Crippen molar-refractivity contribution in [1.82, 2.24) is 19.6 Å². The van der Waals surface area contributed by atoms with Gasteiger partial charge in [0, 0.05) is 0 Å². The third-order valence-electron chi connectivity index (χ3n) is 4.27. The maximum Gasteiger partial charge on any atom is 0.283 e. The maximum atomic E-state index is 12.9. The zero-order valence-electron chi connectivity index (χ0n) is 15.9. The minimum atomic E-state index is -2.72. The van der Waals surface area contributed by atoms with E-state index in [9.17, 15) is 13.6 Å². The molecule has 0 aliphatic rings. The van der Waals surface area contributed by atoms with Crippen LogP contribution in [0.4, 0.5) is 14.5 Å². The number of carbonyl (C=O) groups excluding carboxylic acids is 1. The Kier molecular flexibility index (Phi) is 6.63. The Morgan fingerprint density at radius 1 is 1.31 bits per heavy atom. The van der Waals surface area contributed by atoms with Gasteiger partial charge in [0.1, 0.15) is 18.0 Å². The van der Waals surface area contributed by atoms with Gasteiger partial charge < -0.3 is 10.1 Å². The number of aromatic nitrogens is 4. The number of ether oxygens (including phenoxy) is 1. The summed E-state index contributed by atoms with van der Waals surface area (Å²) in [5.41, 5.74) is 1.76. The molecule has 1 aromatic carbocycles. The van der Waals surface area contributed by atoms with Gasteiger partial charge in [0.15, 0.2) is 6.73 Å². The zero-order chi connectivity index (χ0) is 21.0. The van der Waals surface area contributed by atoms with Crippen LogP contribution >= 0.6 is 15.9 Å². The molecule has 10 heteroatoms. The fraction of sp³-hybridized carbons (Fsp3) is 0.316. The molecule has 0 spiro atoms. The van der Waals surface area contributed by atoms with Gasteiger partial charge in [0.2, 0.25) is 5.91 Å². The number of alkyl halides is 2. The number of nitrogens with one attached hydrogen (secondary N) is 1. The van der Waals surface area contributed by atoms with Gasteiger partial charge in [-0.1, -0.05) is 19.1 Å². The highest BCUT2D eigenvalue weighted by molar-refractivity contribution is 9.10. The van der Waals surface area contributed by atoms with Crippen molar-refractivity contribution in [1.29, 1.82) is 0 Å². The maximum absolute atomic E-state index is 12.9. The van der Waals surface area contributed by atoms with E-state index in [2.05, 4.69) is 38.4 Å². The number of anilines is 1. The SMILES string of the molecule is CCc1ccc(OCn2cc(NC(=O)Cn3nc(C(F)F)c(Br)c3C)cn2)cc1. The smallest absolute Gasteiger partial charge is 0.283 e. The molecule has 3 aromatic rings. The molecule has 0 saturated carbocycles. The Labute approximate surface area is 174 Å². The lowest BCUT2D eigenvalue weighted by Gasteiger charge is -2.07. The van der Waals surface area contributed by atoms with Gasteiger partial charge in [-0.25, -0.2) is 13.5 Å². The fourth-order valence-corrected chi connectivity index (χ4v) is 3.10. The standard InChI is InChI=1S/C19H20BrF2N5O2/c1-3-13-4-6-15(7-5-13)29-11-26-9-14(8-23-26)24-16(28)10-27-12(2)17(20)18(25-27)19(21)22/h4-9,19H,3,10-11H2,1-2H3,(H,24,28). The van der Waals surface area contributed by atoms with E-state index in [4.69, 9.17) is 4.74 Å². The molecule has 29 heavy (non-hydrogen) atoms. The summed E-state index contributed by atoms with van der Waals surface area (Å²) in [6.07, 6.45) is 1.34. The van der Waals surface area contributed by atoms with Gasteiger partial charge in [-0.05, 0) is 47.0 Å². The minimum absolute atomic E-state index is 0.185. The second-order valence-electron chi connectivity index (χ2n) is 6.33. The first-order valence-corrected chi connectivity index (χ1v) is 9.71. The largest absolute Gasteiger partial charge is 0.471 e. The number of aryl methyl sites for hydroxylation is 1. The topological polar surface area (TPSA) is 74.0 Å². The van der Waals surface area contributed by atoms with Crippen LogP contribution in [0, 0.1) is 6.92 Å². The van der Waals surface area contributed by atoms with E-state index in [0.29, 0.717) is 11.4 Å². The van der Waals surface area contributed by atoms with E-state index in [0.717, 1.165) is 12.2 Å². The van der Waals surface area contributed by atoms with E-state index < -0.39 is 12.3 Å². The molecule has 0 bridgehead atoms. The lowest BCUT2D eigenvalue weighted by molar-refractivity contribution is -0.117. The van der Waals surface area contributed by atoms with Crippen molar-refractivity contribution in [3.63, 3.8) is 0 Å². The van der Waals surface area contributed by atoms with Gasteiger partial charge in [-0.3, -0.25) is 9.48 Å². The van der Waals surface area contributed by atoms with Crippen molar-refractivity contribution in [2.45, 2.75) is 40.0 Å². The molecule has 0 unspecified atom stereocenters. The van der Waals surface area contributed by atoms with Gasteiger partial charge in [-0.15, -0.1) is 0 Å². The van der Waals surface area contributed by atoms with Crippen molar-refractivity contribution in [2.75, 3.05) is 5.32 Å². The van der Waals surface area contributed by atoms with Gasteiger partial charge in [-0.2, -0.15) is 10.2 Å². The molecule has 1 amide bonds. The first kappa shape index (κ1) is 21.0. The summed E-state index contributed by atoms with van der Waals surface area (Å²) in [5.74, 6) is 0.317. The van der Waals surface area contributed by atoms with E-state index in [-0.39, 0.29) is 23.4 Å². The van der Waals surface area contributed by atoms with Crippen molar-refractivity contribution < 1.29 is 18.3 Å². The molecule has 7 nitrogen and oxygen atoms in total. The van der Waals surface area contributed by atoms with E-state index in [1.807, 2.05) is 24.3 Å². The second kappa shape index (κ2) is 9.17. The van der Waals surface area contributed by atoms with Crippen LogP contribution in [-0.2, 0) is 24.5 Å². The average Bonchev–Trinajstić information content (AvgIpc) is 3.26. The molecule has 2 heterocycles. The third-order valence-corrected chi connectivity index (χ3v) is 5.25. The number of nitrogens with zero attached hydrogens (tertiary/aromatic N) is 4. The van der Waals surface area contributed by atoms with Crippen LogP contribution in [0.5, 0.6) is 5.75 Å². The number of hydrogen-bond acceptors (Lipinski definition) is 4. The predicted molar refractivity (Wildman–Crippen MR) is 107 cm³/mol. The molecule has 0 aliphatic heterocycles. The van der Waals surface area contributed by atoms with Crippen LogP contribution in [0.1, 0.15) is 30.3 Å². The molecular weight excluding hydrogens is 448 g/mol. The summed E-state index contributed by atoms with van der Waals surface area (Å²) < 4.78 is 34.5. The first-order chi connectivity index (χ1) is 13.9. The molecule has 2 aromatic heterocycles. The molecule has 0 radical (unpaired) electrons. The van der Waals surface area contributed by atoms with Crippen molar-refractivity contribution in [3.05, 3.63) is 58.1 Å². The van der Waals surface area contributed by atoms with Crippen molar-refractivity contribution >= 4 is 27.5 Å². The molecule has 0 aliphatic carbocycles. The van der Waals surface area contributed by atoms with Crippen LogP contribution in [0.15, 0.2) is 41.1 Å². The van der Waals surface area contributed by atoms with Crippen LogP contribution in [-0.4, -0.2) is 25.5 Å². The number of hydrogen-bond donors (Lipinski definition) is 1. The molecular formula is C19H20BrF2N5O2. The highest BCUT2D eigenvalue weighted by atomic mass is 79.9. The highest BCUT2D eigenvalue weighted by Crippen LogP contribution is 2.28. The van der Waals surface area contributed by atoms with Crippen LogP contribution < -0.4 is 10.1 Å². The van der Waals surface area contributed by atoms with E-state index >= 15 is 0 Å². The normalized spacial score (nSPS) is 11.1. The van der Waals surface area contributed by atoms with Crippen LogP contribution in [0.25, 0.3) is 0 Å². The second-order valence-corrected chi connectivity index (χ2v) is 7.12. The number of amides is 1. The summed E-state index contributed by atoms with van der Waals surface area (Å²) in [5, 5.41) is 10.6. The molecule has 0 saturated heterocycles. The highest BCUT2D eigenvalue weighted by Gasteiger charge is 2.21. The van der Waals surface area contributed by atoms with Gasteiger partial charge in [0.05, 0.1) is 28.2 Å². The van der Waals surface area contributed by atoms with Crippen LogP contribution in [0.2, 0.25) is 0 Å². The molecule has 0 atom stereocenters. The summed E-state index contributed by atoms with van der Waals surface area (Å²) in [7, 11) is 0.